The number of nitriles is 1. The SMILES string of the molecule is N#C/C(=C/O)C1CC1. The van der Waals surface area contributed by atoms with Gasteiger partial charge in [-0.15, -0.1) is 0 Å². The van der Waals surface area contributed by atoms with E-state index in [0.29, 0.717) is 11.5 Å². The molecule has 0 aromatic rings. The normalized spacial score (nSPS) is 20.1. The maximum atomic E-state index is 8.35. The number of nitrogens with zero attached hydrogens (tertiary/aromatic N) is 1. The van der Waals surface area contributed by atoms with Gasteiger partial charge in [0.2, 0.25) is 0 Å². The average Bonchev–Trinajstić information content (AvgIpc) is 2.53. The summed E-state index contributed by atoms with van der Waals surface area (Å²) in [6.07, 6.45) is 3.05. The molecule has 0 amide bonds. The fourth-order valence-electron chi connectivity index (χ4n) is 0.620. The van der Waals surface area contributed by atoms with Gasteiger partial charge in [0.1, 0.15) is 0 Å². The highest BCUT2D eigenvalue weighted by Crippen LogP contribution is 2.35. The molecule has 2 heteroatoms. The third-order valence-corrected chi connectivity index (χ3v) is 1.29. The predicted molar refractivity (Wildman–Crippen MR) is 29.0 cm³/mol. The molecule has 1 saturated carbocycles. The van der Waals surface area contributed by atoms with Gasteiger partial charge in [-0.2, -0.15) is 5.26 Å². The van der Waals surface area contributed by atoms with E-state index < -0.39 is 0 Å². The van der Waals surface area contributed by atoms with Crippen molar-refractivity contribution in [2.24, 2.45) is 5.92 Å². The Kier molecular flexibility index (Phi) is 1.21. The Labute approximate surface area is 48.1 Å². The van der Waals surface area contributed by atoms with Gasteiger partial charge in [-0.3, -0.25) is 0 Å². The maximum absolute atomic E-state index is 8.35. The molecule has 0 atom stereocenters. The first-order chi connectivity index (χ1) is 3.88. The lowest BCUT2D eigenvalue weighted by Crippen LogP contribution is -1.78. The second-order valence-electron chi connectivity index (χ2n) is 1.97. The molecule has 0 aliphatic heterocycles. The summed E-state index contributed by atoms with van der Waals surface area (Å²) in [6, 6.07) is 1.92. The van der Waals surface area contributed by atoms with Crippen LogP contribution in [0.4, 0.5) is 0 Å². The van der Waals surface area contributed by atoms with Crippen LogP contribution in [0, 0.1) is 17.2 Å². The summed E-state index contributed by atoms with van der Waals surface area (Å²) in [4.78, 5) is 0. The zero-order valence-corrected chi connectivity index (χ0v) is 4.46. The minimum absolute atomic E-state index is 0.380. The van der Waals surface area contributed by atoms with E-state index in [1.54, 1.807) is 0 Å². The monoisotopic (exact) mass is 109 g/mol. The van der Waals surface area contributed by atoms with E-state index in [2.05, 4.69) is 0 Å². The maximum Gasteiger partial charge on any atom is 0.0982 e. The molecule has 0 aromatic heterocycles. The minimum atomic E-state index is 0.380. The molecule has 1 fully saturated rings. The Balaban J connectivity index is 2.53. The van der Waals surface area contributed by atoms with Gasteiger partial charge in [0, 0.05) is 0 Å². The molecule has 2 nitrogen and oxygen atoms in total. The van der Waals surface area contributed by atoms with E-state index in [0.717, 1.165) is 19.1 Å². The van der Waals surface area contributed by atoms with Crippen molar-refractivity contribution in [2.75, 3.05) is 0 Å². The van der Waals surface area contributed by atoms with Crippen LogP contribution in [0.5, 0.6) is 0 Å². The van der Waals surface area contributed by atoms with Crippen molar-refractivity contribution >= 4 is 0 Å². The lowest BCUT2D eigenvalue weighted by molar-refractivity contribution is 0.466. The Morgan fingerprint density at radius 3 is 2.50 bits per heavy atom. The lowest BCUT2D eigenvalue weighted by Gasteiger charge is -1.83. The standard InChI is InChI=1S/C6H7NO/c7-3-6(4-8)5-1-2-5/h4-5,8H,1-2H2/b6-4-. The molecule has 0 spiro atoms. The fraction of sp³-hybridized carbons (Fsp3) is 0.500. The Morgan fingerprint density at radius 2 is 2.38 bits per heavy atom. The van der Waals surface area contributed by atoms with E-state index in [1.165, 1.54) is 0 Å². The molecule has 1 aliphatic carbocycles. The average molecular weight is 109 g/mol. The van der Waals surface area contributed by atoms with Crippen LogP contribution in [0.3, 0.4) is 0 Å². The summed E-state index contributed by atoms with van der Waals surface area (Å²) in [5.74, 6) is 0.380. The number of allylic oxidation sites excluding steroid dienone is 1. The molecule has 1 aliphatic rings. The van der Waals surface area contributed by atoms with Gasteiger partial charge in [-0.1, -0.05) is 0 Å². The van der Waals surface area contributed by atoms with Crippen LogP contribution in [0.15, 0.2) is 11.8 Å². The molecule has 1 N–H and O–H groups in total. The van der Waals surface area contributed by atoms with Crippen LogP contribution in [-0.2, 0) is 0 Å². The quantitative estimate of drug-likeness (QED) is 0.408. The van der Waals surface area contributed by atoms with Crippen LogP contribution >= 0.6 is 0 Å². The summed E-state index contributed by atoms with van der Waals surface area (Å²) in [7, 11) is 0. The zero-order valence-electron chi connectivity index (χ0n) is 4.46. The van der Waals surface area contributed by atoms with Gasteiger partial charge in [0.05, 0.1) is 17.9 Å². The van der Waals surface area contributed by atoms with Gasteiger partial charge in [-0.05, 0) is 18.8 Å². The summed E-state index contributed by atoms with van der Waals surface area (Å²) in [5.41, 5.74) is 0.532. The second-order valence-corrected chi connectivity index (χ2v) is 1.97. The first-order valence-corrected chi connectivity index (χ1v) is 2.63. The number of aliphatic hydroxyl groups is 1. The third kappa shape index (κ3) is 0.812. The van der Waals surface area contributed by atoms with Gasteiger partial charge in [0.25, 0.3) is 0 Å². The zero-order chi connectivity index (χ0) is 5.98. The first-order valence-electron chi connectivity index (χ1n) is 2.63. The summed E-state index contributed by atoms with van der Waals surface area (Å²) in [5, 5.41) is 16.6. The van der Waals surface area contributed by atoms with Crippen molar-refractivity contribution < 1.29 is 5.11 Å². The minimum Gasteiger partial charge on any atom is -0.515 e. The number of aliphatic hydroxyl groups excluding tert-OH is 1. The highest BCUT2D eigenvalue weighted by atomic mass is 16.2. The Morgan fingerprint density at radius 1 is 1.75 bits per heavy atom. The van der Waals surface area contributed by atoms with Crippen molar-refractivity contribution in [1.29, 1.82) is 5.26 Å². The van der Waals surface area contributed by atoms with Gasteiger partial charge >= 0.3 is 0 Å². The van der Waals surface area contributed by atoms with Crippen molar-refractivity contribution in [1.82, 2.24) is 0 Å². The molecule has 8 heavy (non-hydrogen) atoms. The van der Waals surface area contributed by atoms with E-state index in [-0.39, 0.29) is 0 Å². The largest absolute Gasteiger partial charge is 0.515 e. The molecule has 42 valence electrons. The Bertz CT molecular complexity index is 150. The van der Waals surface area contributed by atoms with E-state index in [9.17, 15) is 0 Å². The molecule has 1 rings (SSSR count). The number of rotatable bonds is 1. The molecule has 0 saturated heterocycles. The summed E-state index contributed by atoms with van der Waals surface area (Å²) >= 11 is 0. The van der Waals surface area contributed by atoms with Crippen molar-refractivity contribution in [3.05, 3.63) is 11.8 Å². The smallest absolute Gasteiger partial charge is 0.0982 e. The number of hydrogen-bond acceptors (Lipinski definition) is 2. The van der Waals surface area contributed by atoms with Crippen molar-refractivity contribution in [2.45, 2.75) is 12.8 Å². The first kappa shape index (κ1) is 5.17. The topological polar surface area (TPSA) is 44.0 Å². The van der Waals surface area contributed by atoms with Crippen LogP contribution in [0.2, 0.25) is 0 Å². The molecule has 0 heterocycles. The molecule has 0 aromatic carbocycles. The summed E-state index contributed by atoms with van der Waals surface area (Å²) in [6.45, 7) is 0. The highest BCUT2D eigenvalue weighted by Gasteiger charge is 2.25. The molecule has 0 unspecified atom stereocenters. The van der Waals surface area contributed by atoms with E-state index in [4.69, 9.17) is 10.4 Å². The fourth-order valence-corrected chi connectivity index (χ4v) is 0.620. The lowest BCUT2D eigenvalue weighted by atomic mass is 10.2. The van der Waals surface area contributed by atoms with E-state index >= 15 is 0 Å². The van der Waals surface area contributed by atoms with Crippen molar-refractivity contribution in [3.63, 3.8) is 0 Å². The van der Waals surface area contributed by atoms with Gasteiger partial charge in [0.15, 0.2) is 0 Å². The van der Waals surface area contributed by atoms with Gasteiger partial charge < -0.3 is 5.11 Å². The Hall–Kier alpha value is -0.970. The van der Waals surface area contributed by atoms with Crippen LogP contribution in [-0.4, -0.2) is 5.11 Å². The highest BCUT2D eigenvalue weighted by molar-refractivity contribution is 5.25. The molecule has 0 radical (unpaired) electrons. The van der Waals surface area contributed by atoms with Crippen LogP contribution < -0.4 is 0 Å². The molecular weight excluding hydrogens is 102 g/mol. The van der Waals surface area contributed by atoms with Crippen LogP contribution in [0.25, 0.3) is 0 Å². The summed E-state index contributed by atoms with van der Waals surface area (Å²) < 4.78 is 0. The molecule has 0 bridgehead atoms. The second kappa shape index (κ2) is 1.87. The molecular formula is C6H7NO. The van der Waals surface area contributed by atoms with Crippen LogP contribution in [0.1, 0.15) is 12.8 Å². The van der Waals surface area contributed by atoms with Crippen molar-refractivity contribution in [3.8, 4) is 6.07 Å². The van der Waals surface area contributed by atoms with E-state index in [1.807, 2.05) is 6.07 Å². The van der Waals surface area contributed by atoms with Gasteiger partial charge in [-0.25, -0.2) is 0 Å². The predicted octanol–water partition coefficient (Wildman–Crippen LogP) is 1.36. The number of hydrogen-bond donors (Lipinski definition) is 1. The third-order valence-electron chi connectivity index (χ3n) is 1.29.